The van der Waals surface area contributed by atoms with Gasteiger partial charge >= 0.3 is 0 Å². The Morgan fingerprint density at radius 3 is 3.12 bits per heavy atom. The molecule has 0 amide bonds. The number of likely N-dealkylation sites (N-methyl/N-ethyl adjacent to an activating group) is 1. The molecular formula is C14H22N2O. The number of piperidine rings is 1. The first-order valence-electron chi connectivity index (χ1n) is 6.34. The number of nitrogens with one attached hydrogen (secondary N) is 1. The van der Waals surface area contributed by atoms with Crippen molar-refractivity contribution in [2.24, 2.45) is 0 Å². The van der Waals surface area contributed by atoms with Crippen LogP contribution in [0.5, 0.6) is 5.75 Å². The fraction of sp³-hybridized carbons (Fsp3) is 0.571. The molecule has 1 aromatic carbocycles. The average molecular weight is 234 g/mol. The topological polar surface area (TPSA) is 24.5 Å². The Balaban J connectivity index is 1.95. The predicted molar refractivity (Wildman–Crippen MR) is 70.4 cm³/mol. The number of benzene rings is 1. The highest BCUT2D eigenvalue weighted by molar-refractivity contribution is 5.28. The van der Waals surface area contributed by atoms with Crippen LogP contribution in [0.4, 0.5) is 0 Å². The number of rotatable bonds is 4. The molecule has 1 N–H and O–H groups in total. The van der Waals surface area contributed by atoms with Crippen LogP contribution >= 0.6 is 0 Å². The van der Waals surface area contributed by atoms with Crippen LogP contribution in [0.25, 0.3) is 0 Å². The van der Waals surface area contributed by atoms with Gasteiger partial charge in [-0.15, -0.1) is 0 Å². The third-order valence-electron chi connectivity index (χ3n) is 3.45. The summed E-state index contributed by atoms with van der Waals surface area (Å²) in [5.74, 6) is 0.949. The van der Waals surface area contributed by atoms with Crippen LogP contribution in [0.1, 0.15) is 18.4 Å². The number of likely N-dealkylation sites (tertiary alicyclic amines) is 1. The van der Waals surface area contributed by atoms with Gasteiger partial charge < -0.3 is 10.1 Å². The van der Waals surface area contributed by atoms with Crippen molar-refractivity contribution in [1.29, 1.82) is 0 Å². The molecule has 3 nitrogen and oxygen atoms in total. The van der Waals surface area contributed by atoms with Crippen molar-refractivity contribution < 1.29 is 4.74 Å². The Hall–Kier alpha value is -1.06. The number of nitrogens with zero attached hydrogens (tertiary/aromatic N) is 1. The van der Waals surface area contributed by atoms with Gasteiger partial charge in [0.1, 0.15) is 5.75 Å². The number of methoxy groups -OCH3 is 1. The van der Waals surface area contributed by atoms with Crippen molar-refractivity contribution in [1.82, 2.24) is 10.2 Å². The van der Waals surface area contributed by atoms with E-state index < -0.39 is 0 Å². The van der Waals surface area contributed by atoms with Gasteiger partial charge in [-0.1, -0.05) is 12.1 Å². The summed E-state index contributed by atoms with van der Waals surface area (Å²) in [5.41, 5.74) is 1.33. The standard InChI is InChI=1S/C14H22N2O/c1-15-13-6-4-8-16(11-13)10-12-5-3-7-14(9-12)17-2/h3,5,7,9,13,15H,4,6,8,10-11H2,1-2H3. The molecule has 3 heteroatoms. The minimum Gasteiger partial charge on any atom is -0.497 e. The molecule has 1 fully saturated rings. The molecular weight excluding hydrogens is 212 g/mol. The van der Waals surface area contributed by atoms with E-state index in [1.54, 1.807) is 7.11 Å². The zero-order valence-electron chi connectivity index (χ0n) is 10.8. The van der Waals surface area contributed by atoms with E-state index in [1.807, 2.05) is 6.07 Å². The van der Waals surface area contributed by atoms with Crippen molar-refractivity contribution in [2.45, 2.75) is 25.4 Å². The Morgan fingerprint density at radius 2 is 2.35 bits per heavy atom. The maximum absolute atomic E-state index is 5.26. The largest absolute Gasteiger partial charge is 0.497 e. The van der Waals surface area contributed by atoms with Crippen LogP contribution in [-0.2, 0) is 6.54 Å². The molecule has 0 aromatic heterocycles. The minimum atomic E-state index is 0.648. The lowest BCUT2D eigenvalue weighted by Gasteiger charge is -2.32. The molecule has 17 heavy (non-hydrogen) atoms. The second kappa shape index (κ2) is 6.03. The Kier molecular flexibility index (Phi) is 4.40. The van der Waals surface area contributed by atoms with Crippen LogP contribution < -0.4 is 10.1 Å². The van der Waals surface area contributed by atoms with Crippen molar-refractivity contribution in [3.63, 3.8) is 0 Å². The average Bonchev–Trinajstić information content (AvgIpc) is 2.39. The SMILES string of the molecule is CNC1CCCN(Cc2cccc(OC)c2)C1. The molecule has 1 aliphatic heterocycles. The molecule has 1 unspecified atom stereocenters. The Bertz CT molecular complexity index is 354. The van der Waals surface area contributed by atoms with E-state index in [4.69, 9.17) is 4.74 Å². The predicted octanol–water partition coefficient (Wildman–Crippen LogP) is 1.88. The van der Waals surface area contributed by atoms with Crippen molar-refractivity contribution in [3.8, 4) is 5.75 Å². The number of hydrogen-bond acceptors (Lipinski definition) is 3. The number of ether oxygens (including phenoxy) is 1. The van der Waals surface area contributed by atoms with E-state index >= 15 is 0 Å². The Labute approximate surface area is 104 Å². The molecule has 0 spiro atoms. The van der Waals surface area contributed by atoms with E-state index in [0.717, 1.165) is 18.8 Å². The molecule has 0 aliphatic carbocycles. The maximum atomic E-state index is 5.26. The van der Waals surface area contributed by atoms with Gasteiger partial charge in [-0.05, 0) is 44.1 Å². The zero-order valence-corrected chi connectivity index (χ0v) is 10.8. The van der Waals surface area contributed by atoms with E-state index in [1.165, 1.54) is 24.9 Å². The maximum Gasteiger partial charge on any atom is 0.119 e. The lowest BCUT2D eigenvalue weighted by atomic mass is 10.1. The molecule has 2 rings (SSSR count). The summed E-state index contributed by atoms with van der Waals surface area (Å²) < 4.78 is 5.26. The van der Waals surface area contributed by atoms with Crippen LogP contribution in [0.15, 0.2) is 24.3 Å². The first-order valence-corrected chi connectivity index (χ1v) is 6.34. The van der Waals surface area contributed by atoms with Crippen LogP contribution in [-0.4, -0.2) is 38.2 Å². The molecule has 1 aromatic rings. The summed E-state index contributed by atoms with van der Waals surface area (Å²) in [4.78, 5) is 2.51. The van der Waals surface area contributed by atoms with Crippen molar-refractivity contribution in [2.75, 3.05) is 27.2 Å². The van der Waals surface area contributed by atoms with E-state index in [0.29, 0.717) is 6.04 Å². The fourth-order valence-corrected chi connectivity index (χ4v) is 2.46. The van der Waals surface area contributed by atoms with Crippen LogP contribution in [0.2, 0.25) is 0 Å². The quantitative estimate of drug-likeness (QED) is 0.861. The van der Waals surface area contributed by atoms with Crippen LogP contribution in [0, 0.1) is 0 Å². The van der Waals surface area contributed by atoms with Gasteiger partial charge in [-0.2, -0.15) is 0 Å². The van der Waals surface area contributed by atoms with Crippen molar-refractivity contribution >= 4 is 0 Å². The first-order chi connectivity index (χ1) is 8.31. The van der Waals surface area contributed by atoms with Crippen molar-refractivity contribution in [3.05, 3.63) is 29.8 Å². The first kappa shape index (κ1) is 12.4. The molecule has 94 valence electrons. The minimum absolute atomic E-state index is 0.648. The highest BCUT2D eigenvalue weighted by Gasteiger charge is 2.18. The zero-order chi connectivity index (χ0) is 12.1. The second-order valence-electron chi connectivity index (χ2n) is 4.71. The van der Waals surface area contributed by atoms with Gasteiger partial charge in [0, 0.05) is 19.1 Å². The van der Waals surface area contributed by atoms with Gasteiger partial charge in [0.2, 0.25) is 0 Å². The normalized spacial score (nSPS) is 21.4. The Morgan fingerprint density at radius 1 is 1.47 bits per heavy atom. The van der Waals surface area contributed by atoms with Crippen LogP contribution in [0.3, 0.4) is 0 Å². The molecule has 1 aliphatic rings. The lowest BCUT2D eigenvalue weighted by molar-refractivity contribution is 0.188. The van der Waals surface area contributed by atoms with Gasteiger partial charge in [0.05, 0.1) is 7.11 Å². The van der Waals surface area contributed by atoms with Gasteiger partial charge in [0.15, 0.2) is 0 Å². The fourth-order valence-electron chi connectivity index (χ4n) is 2.46. The molecule has 0 bridgehead atoms. The molecule has 1 saturated heterocycles. The molecule has 1 heterocycles. The number of hydrogen-bond donors (Lipinski definition) is 1. The summed E-state index contributed by atoms with van der Waals surface area (Å²) in [6.45, 7) is 3.37. The lowest BCUT2D eigenvalue weighted by Crippen LogP contribution is -2.43. The highest BCUT2D eigenvalue weighted by atomic mass is 16.5. The molecule has 0 radical (unpaired) electrons. The van der Waals surface area contributed by atoms with E-state index in [-0.39, 0.29) is 0 Å². The molecule has 1 atom stereocenters. The van der Waals surface area contributed by atoms with E-state index in [2.05, 4.69) is 35.5 Å². The second-order valence-corrected chi connectivity index (χ2v) is 4.71. The summed E-state index contributed by atoms with van der Waals surface area (Å²) in [6, 6.07) is 9.01. The summed E-state index contributed by atoms with van der Waals surface area (Å²) in [6.07, 6.45) is 2.58. The van der Waals surface area contributed by atoms with E-state index in [9.17, 15) is 0 Å². The summed E-state index contributed by atoms with van der Waals surface area (Å²) >= 11 is 0. The highest BCUT2D eigenvalue weighted by Crippen LogP contribution is 2.17. The monoisotopic (exact) mass is 234 g/mol. The third-order valence-corrected chi connectivity index (χ3v) is 3.45. The van der Waals surface area contributed by atoms with Gasteiger partial charge in [0.25, 0.3) is 0 Å². The smallest absolute Gasteiger partial charge is 0.119 e. The summed E-state index contributed by atoms with van der Waals surface area (Å²) in [7, 11) is 3.77. The molecule has 0 saturated carbocycles. The van der Waals surface area contributed by atoms with Gasteiger partial charge in [-0.25, -0.2) is 0 Å². The third kappa shape index (κ3) is 3.45. The summed E-state index contributed by atoms with van der Waals surface area (Å²) in [5, 5.41) is 3.38. The van der Waals surface area contributed by atoms with Gasteiger partial charge in [-0.3, -0.25) is 4.90 Å².